The van der Waals surface area contributed by atoms with Crippen LogP contribution in [0.15, 0.2) is 12.3 Å². The van der Waals surface area contributed by atoms with Crippen LogP contribution in [0.2, 0.25) is 0 Å². The highest BCUT2D eigenvalue weighted by Gasteiger charge is 2.00. The smallest absolute Gasteiger partial charge is 0.196 e. The van der Waals surface area contributed by atoms with Gasteiger partial charge in [0.05, 0.1) is 5.76 Å². The first kappa shape index (κ1) is 8.50. The first-order chi connectivity index (χ1) is 4.16. The molecule has 1 atom stereocenters. The van der Waals surface area contributed by atoms with Crippen molar-refractivity contribution in [1.82, 2.24) is 0 Å². The Morgan fingerprint density at radius 2 is 2.33 bits per heavy atom. The van der Waals surface area contributed by atoms with Gasteiger partial charge in [0, 0.05) is 6.42 Å². The van der Waals surface area contributed by atoms with E-state index in [4.69, 9.17) is 9.84 Å². The van der Waals surface area contributed by atoms with E-state index >= 15 is 0 Å². The van der Waals surface area contributed by atoms with Crippen LogP contribution in [-0.2, 0) is 4.74 Å². The second kappa shape index (κ2) is 4.39. The van der Waals surface area contributed by atoms with Crippen molar-refractivity contribution in [2.75, 3.05) is 0 Å². The largest absolute Gasteiger partial charge is 0.470 e. The Bertz CT molecular complexity index is 88.9. The predicted octanol–water partition coefficient (Wildman–Crippen LogP) is 1.66. The number of rotatable bonds is 4. The SMILES string of the molecule is C=C(C)OC(O)CCC. The highest BCUT2D eigenvalue weighted by atomic mass is 16.6. The summed E-state index contributed by atoms with van der Waals surface area (Å²) in [6.45, 7) is 7.21. The average molecular weight is 130 g/mol. The molecule has 0 heterocycles. The van der Waals surface area contributed by atoms with E-state index < -0.39 is 6.29 Å². The van der Waals surface area contributed by atoms with Crippen molar-refractivity contribution in [1.29, 1.82) is 0 Å². The van der Waals surface area contributed by atoms with Gasteiger partial charge in [0.25, 0.3) is 0 Å². The Morgan fingerprint density at radius 3 is 2.67 bits per heavy atom. The third-order valence-electron chi connectivity index (χ3n) is 0.873. The van der Waals surface area contributed by atoms with Gasteiger partial charge in [-0.15, -0.1) is 0 Å². The second-order valence-corrected chi connectivity index (χ2v) is 2.06. The summed E-state index contributed by atoms with van der Waals surface area (Å²) in [5.74, 6) is 0.566. The maximum absolute atomic E-state index is 8.94. The van der Waals surface area contributed by atoms with Gasteiger partial charge in [-0.3, -0.25) is 0 Å². The van der Waals surface area contributed by atoms with Crippen LogP contribution in [-0.4, -0.2) is 11.4 Å². The average Bonchev–Trinajstić information content (AvgIpc) is 1.63. The van der Waals surface area contributed by atoms with E-state index in [0.29, 0.717) is 12.2 Å². The van der Waals surface area contributed by atoms with E-state index in [-0.39, 0.29) is 0 Å². The van der Waals surface area contributed by atoms with Crippen molar-refractivity contribution in [2.45, 2.75) is 33.0 Å². The van der Waals surface area contributed by atoms with Gasteiger partial charge in [0.2, 0.25) is 0 Å². The standard InChI is InChI=1S/C7H14O2/c1-4-5-7(8)9-6(2)3/h7-8H,2,4-5H2,1,3H3. The summed E-state index contributed by atoms with van der Waals surface area (Å²) in [6, 6.07) is 0. The number of hydrogen-bond acceptors (Lipinski definition) is 2. The molecule has 0 radical (unpaired) electrons. The van der Waals surface area contributed by atoms with E-state index in [2.05, 4.69) is 6.58 Å². The second-order valence-electron chi connectivity index (χ2n) is 2.06. The number of aliphatic hydroxyl groups excluding tert-OH is 1. The Hall–Kier alpha value is -0.500. The van der Waals surface area contributed by atoms with Crippen LogP contribution >= 0.6 is 0 Å². The minimum atomic E-state index is -0.660. The van der Waals surface area contributed by atoms with Crippen LogP contribution in [0.5, 0.6) is 0 Å². The normalized spacial score (nSPS) is 12.8. The summed E-state index contributed by atoms with van der Waals surface area (Å²) in [6.07, 6.45) is 0.939. The summed E-state index contributed by atoms with van der Waals surface area (Å²) in [5, 5.41) is 8.94. The fraction of sp³-hybridized carbons (Fsp3) is 0.714. The van der Waals surface area contributed by atoms with E-state index in [9.17, 15) is 0 Å². The topological polar surface area (TPSA) is 29.5 Å². The lowest BCUT2D eigenvalue weighted by molar-refractivity contribution is -0.0685. The number of hydrogen-bond donors (Lipinski definition) is 1. The van der Waals surface area contributed by atoms with Gasteiger partial charge in [-0.2, -0.15) is 0 Å². The Kier molecular flexibility index (Phi) is 4.14. The molecular formula is C7H14O2. The van der Waals surface area contributed by atoms with Gasteiger partial charge in [-0.05, 0) is 6.92 Å². The molecule has 2 heteroatoms. The molecule has 54 valence electrons. The van der Waals surface area contributed by atoms with Crippen LogP contribution < -0.4 is 0 Å². The zero-order valence-corrected chi connectivity index (χ0v) is 6.05. The van der Waals surface area contributed by atoms with Crippen molar-refractivity contribution in [3.63, 3.8) is 0 Å². The quantitative estimate of drug-likeness (QED) is 0.463. The number of allylic oxidation sites excluding steroid dienone is 1. The molecule has 0 aromatic heterocycles. The minimum Gasteiger partial charge on any atom is -0.470 e. The van der Waals surface area contributed by atoms with Gasteiger partial charge in [-0.25, -0.2) is 0 Å². The molecule has 0 bridgehead atoms. The Labute approximate surface area is 56.1 Å². The lowest BCUT2D eigenvalue weighted by Gasteiger charge is -2.10. The number of ether oxygens (including phenoxy) is 1. The van der Waals surface area contributed by atoms with Crippen molar-refractivity contribution in [2.24, 2.45) is 0 Å². The molecule has 0 aromatic carbocycles. The maximum Gasteiger partial charge on any atom is 0.196 e. The highest BCUT2D eigenvalue weighted by molar-refractivity contribution is 4.73. The van der Waals surface area contributed by atoms with Gasteiger partial charge >= 0.3 is 0 Å². The Morgan fingerprint density at radius 1 is 1.78 bits per heavy atom. The molecule has 1 N–H and O–H groups in total. The molecule has 0 saturated heterocycles. The maximum atomic E-state index is 8.94. The summed E-state index contributed by atoms with van der Waals surface area (Å²) in [5.41, 5.74) is 0. The molecule has 0 aliphatic rings. The van der Waals surface area contributed by atoms with Crippen molar-refractivity contribution >= 4 is 0 Å². The van der Waals surface area contributed by atoms with Gasteiger partial charge < -0.3 is 9.84 Å². The minimum absolute atomic E-state index is 0.566. The van der Waals surface area contributed by atoms with E-state index in [0.717, 1.165) is 6.42 Å². The lowest BCUT2D eigenvalue weighted by atomic mass is 10.3. The number of aliphatic hydroxyl groups is 1. The van der Waals surface area contributed by atoms with Gasteiger partial charge in [0.1, 0.15) is 0 Å². The lowest BCUT2D eigenvalue weighted by Crippen LogP contribution is -2.08. The van der Waals surface area contributed by atoms with E-state index in [1.54, 1.807) is 6.92 Å². The molecule has 0 aliphatic heterocycles. The zero-order chi connectivity index (χ0) is 7.28. The molecule has 2 nitrogen and oxygen atoms in total. The van der Waals surface area contributed by atoms with Crippen LogP contribution in [0.4, 0.5) is 0 Å². The monoisotopic (exact) mass is 130 g/mol. The van der Waals surface area contributed by atoms with E-state index in [1.165, 1.54) is 0 Å². The zero-order valence-electron chi connectivity index (χ0n) is 6.05. The molecule has 0 spiro atoms. The fourth-order valence-corrected chi connectivity index (χ4v) is 0.538. The molecule has 0 fully saturated rings. The summed E-state index contributed by atoms with van der Waals surface area (Å²) >= 11 is 0. The highest BCUT2D eigenvalue weighted by Crippen LogP contribution is 2.02. The third-order valence-corrected chi connectivity index (χ3v) is 0.873. The third kappa shape index (κ3) is 5.37. The predicted molar refractivity (Wildman–Crippen MR) is 36.8 cm³/mol. The van der Waals surface area contributed by atoms with Crippen LogP contribution in [0.25, 0.3) is 0 Å². The van der Waals surface area contributed by atoms with Crippen LogP contribution in [0.3, 0.4) is 0 Å². The van der Waals surface area contributed by atoms with E-state index in [1.807, 2.05) is 6.92 Å². The molecule has 0 aliphatic carbocycles. The van der Waals surface area contributed by atoms with Crippen LogP contribution in [0.1, 0.15) is 26.7 Å². The summed E-state index contributed by atoms with van der Waals surface area (Å²) in [7, 11) is 0. The molecule has 0 saturated carbocycles. The molecular weight excluding hydrogens is 116 g/mol. The van der Waals surface area contributed by atoms with Gasteiger partial charge in [-0.1, -0.05) is 19.9 Å². The Balaban J connectivity index is 3.26. The first-order valence-corrected chi connectivity index (χ1v) is 3.17. The molecule has 0 aromatic rings. The molecule has 9 heavy (non-hydrogen) atoms. The first-order valence-electron chi connectivity index (χ1n) is 3.17. The summed E-state index contributed by atoms with van der Waals surface area (Å²) in [4.78, 5) is 0. The van der Waals surface area contributed by atoms with Crippen molar-refractivity contribution in [3.05, 3.63) is 12.3 Å². The molecule has 0 amide bonds. The van der Waals surface area contributed by atoms with Crippen molar-refractivity contribution < 1.29 is 9.84 Å². The fourth-order valence-electron chi connectivity index (χ4n) is 0.538. The van der Waals surface area contributed by atoms with Crippen LogP contribution in [0, 0.1) is 0 Å². The summed E-state index contributed by atoms with van der Waals surface area (Å²) < 4.78 is 4.85. The molecule has 1 unspecified atom stereocenters. The van der Waals surface area contributed by atoms with Crippen molar-refractivity contribution in [3.8, 4) is 0 Å². The van der Waals surface area contributed by atoms with Gasteiger partial charge in [0.15, 0.2) is 6.29 Å². The molecule has 0 rings (SSSR count).